The lowest BCUT2D eigenvalue weighted by Gasteiger charge is -2.18. The monoisotopic (exact) mass is 376 g/mol. The minimum absolute atomic E-state index is 0. The molecule has 2 aromatic rings. The van der Waals surface area contributed by atoms with Crippen LogP contribution in [0.15, 0.2) is 24.5 Å². The fourth-order valence-electron chi connectivity index (χ4n) is 3.98. The quantitative estimate of drug-likeness (QED) is 0.842. The summed E-state index contributed by atoms with van der Waals surface area (Å²) in [5, 5.41) is 10.7. The molecule has 0 radical (unpaired) electrons. The zero-order valence-corrected chi connectivity index (χ0v) is 16.8. The molecule has 2 atom stereocenters. The van der Waals surface area contributed by atoms with E-state index in [-0.39, 0.29) is 30.2 Å². The van der Waals surface area contributed by atoms with Gasteiger partial charge in [0.25, 0.3) is 0 Å². The minimum atomic E-state index is -0.0237. The first-order valence-electron chi connectivity index (χ1n) is 8.99. The van der Waals surface area contributed by atoms with E-state index in [9.17, 15) is 4.79 Å². The van der Waals surface area contributed by atoms with E-state index in [2.05, 4.69) is 48.6 Å². The third-order valence-corrected chi connectivity index (χ3v) is 5.22. The molecule has 0 saturated carbocycles. The highest BCUT2D eigenvalue weighted by atomic mass is 35.5. The molecule has 26 heavy (non-hydrogen) atoms. The maximum atomic E-state index is 12.7. The third-order valence-electron chi connectivity index (χ3n) is 5.22. The van der Waals surface area contributed by atoms with E-state index in [0.717, 1.165) is 25.1 Å². The van der Waals surface area contributed by atoms with Crippen LogP contribution in [0.5, 0.6) is 0 Å². The summed E-state index contributed by atoms with van der Waals surface area (Å²) in [4.78, 5) is 12.7. The Morgan fingerprint density at radius 3 is 2.58 bits per heavy atom. The average Bonchev–Trinajstić information content (AvgIpc) is 3.18. The lowest BCUT2D eigenvalue weighted by Crippen LogP contribution is -2.35. The maximum absolute atomic E-state index is 12.7. The zero-order chi connectivity index (χ0) is 18.0. The highest BCUT2D eigenvalue weighted by molar-refractivity contribution is 5.85. The summed E-state index contributed by atoms with van der Waals surface area (Å²) in [6, 6.07) is 4.42. The van der Waals surface area contributed by atoms with Gasteiger partial charge < -0.3 is 10.6 Å². The Morgan fingerprint density at radius 2 is 1.96 bits per heavy atom. The Balaban J connectivity index is 0.00000243. The number of amides is 1. The van der Waals surface area contributed by atoms with Crippen molar-refractivity contribution in [1.82, 2.24) is 20.4 Å². The lowest BCUT2D eigenvalue weighted by atomic mass is 9.90. The SMILES string of the molecule is Cc1cc(C)c(CCNC(=O)[C@H]2CNC[C@@H]2c2cnn(C)c2)c(C)c1.Cl. The van der Waals surface area contributed by atoms with Crippen molar-refractivity contribution in [2.24, 2.45) is 13.0 Å². The Hall–Kier alpha value is -1.85. The summed E-state index contributed by atoms with van der Waals surface area (Å²) in [6.45, 7) is 8.66. The Labute approximate surface area is 162 Å². The highest BCUT2D eigenvalue weighted by Crippen LogP contribution is 2.27. The van der Waals surface area contributed by atoms with Crippen LogP contribution in [-0.4, -0.2) is 35.3 Å². The summed E-state index contributed by atoms with van der Waals surface area (Å²) in [6.07, 6.45) is 4.76. The summed E-state index contributed by atoms with van der Waals surface area (Å²) < 4.78 is 1.80. The van der Waals surface area contributed by atoms with E-state index >= 15 is 0 Å². The van der Waals surface area contributed by atoms with Crippen LogP contribution >= 0.6 is 12.4 Å². The molecule has 1 aliphatic rings. The van der Waals surface area contributed by atoms with E-state index in [4.69, 9.17) is 0 Å². The van der Waals surface area contributed by atoms with Crippen LogP contribution in [0.3, 0.4) is 0 Å². The second kappa shape index (κ2) is 8.69. The predicted octanol–water partition coefficient (Wildman–Crippen LogP) is 2.43. The highest BCUT2D eigenvalue weighted by Gasteiger charge is 2.34. The first-order chi connectivity index (χ1) is 12.0. The van der Waals surface area contributed by atoms with Crippen LogP contribution in [-0.2, 0) is 18.3 Å². The number of aryl methyl sites for hydroxylation is 4. The Bertz CT molecular complexity index is 748. The van der Waals surface area contributed by atoms with Gasteiger partial charge in [-0.3, -0.25) is 9.48 Å². The molecule has 0 spiro atoms. The molecule has 0 unspecified atom stereocenters. The van der Waals surface area contributed by atoms with Gasteiger partial charge in [0.2, 0.25) is 5.91 Å². The van der Waals surface area contributed by atoms with E-state index in [1.54, 1.807) is 4.68 Å². The molecule has 2 N–H and O–H groups in total. The maximum Gasteiger partial charge on any atom is 0.225 e. The molecule has 5 nitrogen and oxygen atoms in total. The van der Waals surface area contributed by atoms with Crippen LogP contribution in [0.4, 0.5) is 0 Å². The standard InChI is InChI=1S/C20H28N4O.ClH/c1-13-7-14(2)17(15(3)8-13)5-6-22-20(25)19-11-21-10-18(19)16-9-23-24(4)12-16;/h7-9,12,18-19,21H,5-6,10-11H2,1-4H3,(H,22,25);1H/t18-,19+;/m1./s1. The van der Waals surface area contributed by atoms with Crippen molar-refractivity contribution in [2.45, 2.75) is 33.1 Å². The number of carbonyl (C=O) groups excluding carboxylic acids is 1. The molecule has 2 heterocycles. The number of rotatable bonds is 5. The average molecular weight is 377 g/mol. The van der Waals surface area contributed by atoms with E-state index in [0.29, 0.717) is 6.54 Å². The molecule has 6 heteroatoms. The number of hydrogen-bond acceptors (Lipinski definition) is 3. The predicted molar refractivity (Wildman–Crippen MR) is 107 cm³/mol. The van der Waals surface area contributed by atoms with Crippen LogP contribution < -0.4 is 10.6 Å². The number of benzene rings is 1. The number of aromatic nitrogens is 2. The van der Waals surface area contributed by atoms with Crippen molar-refractivity contribution in [2.75, 3.05) is 19.6 Å². The van der Waals surface area contributed by atoms with Crippen molar-refractivity contribution in [3.8, 4) is 0 Å². The van der Waals surface area contributed by atoms with Gasteiger partial charge >= 0.3 is 0 Å². The van der Waals surface area contributed by atoms with Gasteiger partial charge in [0.05, 0.1) is 12.1 Å². The van der Waals surface area contributed by atoms with Gasteiger partial charge in [-0.2, -0.15) is 5.10 Å². The van der Waals surface area contributed by atoms with Gasteiger partial charge in [-0.15, -0.1) is 12.4 Å². The van der Waals surface area contributed by atoms with Crippen molar-refractivity contribution < 1.29 is 4.79 Å². The van der Waals surface area contributed by atoms with Crippen molar-refractivity contribution in [1.29, 1.82) is 0 Å². The summed E-state index contributed by atoms with van der Waals surface area (Å²) >= 11 is 0. The van der Waals surface area contributed by atoms with Crippen LogP contribution in [0, 0.1) is 26.7 Å². The normalized spacial score (nSPS) is 19.2. The first kappa shape index (κ1) is 20.5. The summed E-state index contributed by atoms with van der Waals surface area (Å²) in [5.74, 6) is 0.322. The largest absolute Gasteiger partial charge is 0.355 e. The molecule has 142 valence electrons. The number of carbonyl (C=O) groups is 1. The lowest BCUT2D eigenvalue weighted by molar-refractivity contribution is -0.124. The second-order valence-electron chi connectivity index (χ2n) is 7.24. The number of nitrogens with zero attached hydrogens (tertiary/aromatic N) is 2. The fourth-order valence-corrected chi connectivity index (χ4v) is 3.98. The molecular weight excluding hydrogens is 348 g/mol. The Morgan fingerprint density at radius 1 is 1.27 bits per heavy atom. The number of nitrogens with one attached hydrogen (secondary N) is 2. The second-order valence-corrected chi connectivity index (χ2v) is 7.24. The van der Waals surface area contributed by atoms with Crippen molar-refractivity contribution >= 4 is 18.3 Å². The van der Waals surface area contributed by atoms with Gasteiger partial charge in [-0.05, 0) is 49.4 Å². The molecule has 1 aliphatic heterocycles. The molecule has 0 aliphatic carbocycles. The fraction of sp³-hybridized carbons (Fsp3) is 0.500. The third kappa shape index (κ3) is 4.46. The molecule has 1 saturated heterocycles. The molecule has 3 rings (SSSR count). The molecule has 1 amide bonds. The van der Waals surface area contributed by atoms with Gasteiger partial charge in [0.15, 0.2) is 0 Å². The van der Waals surface area contributed by atoms with Crippen LogP contribution in [0.2, 0.25) is 0 Å². The van der Waals surface area contributed by atoms with Crippen molar-refractivity contribution in [3.63, 3.8) is 0 Å². The van der Waals surface area contributed by atoms with E-state index in [1.807, 2.05) is 19.4 Å². The molecule has 1 fully saturated rings. The number of halogens is 1. The molecular formula is C20H29ClN4O. The van der Waals surface area contributed by atoms with Gasteiger partial charge in [0.1, 0.15) is 0 Å². The summed E-state index contributed by atoms with van der Waals surface area (Å²) in [5.41, 5.74) is 6.39. The zero-order valence-electron chi connectivity index (χ0n) is 16.0. The first-order valence-corrected chi connectivity index (χ1v) is 8.99. The Kier molecular flexibility index (Phi) is 6.84. The molecule has 1 aromatic carbocycles. The van der Waals surface area contributed by atoms with Crippen LogP contribution in [0.25, 0.3) is 0 Å². The van der Waals surface area contributed by atoms with Crippen molar-refractivity contribution in [3.05, 3.63) is 52.3 Å². The van der Waals surface area contributed by atoms with E-state index < -0.39 is 0 Å². The number of hydrogen-bond donors (Lipinski definition) is 2. The van der Waals surface area contributed by atoms with Gasteiger partial charge in [0, 0.05) is 38.8 Å². The van der Waals surface area contributed by atoms with Gasteiger partial charge in [-0.25, -0.2) is 0 Å². The topological polar surface area (TPSA) is 59.0 Å². The smallest absolute Gasteiger partial charge is 0.225 e. The molecule has 1 aromatic heterocycles. The minimum Gasteiger partial charge on any atom is -0.355 e. The van der Waals surface area contributed by atoms with Gasteiger partial charge in [-0.1, -0.05) is 17.7 Å². The summed E-state index contributed by atoms with van der Waals surface area (Å²) in [7, 11) is 1.91. The van der Waals surface area contributed by atoms with E-state index in [1.165, 1.54) is 22.3 Å². The van der Waals surface area contributed by atoms with Crippen LogP contribution in [0.1, 0.15) is 33.7 Å². The molecule has 0 bridgehead atoms.